The molecule has 1 aliphatic rings. The third-order valence-electron chi connectivity index (χ3n) is 3.67. The first-order valence-corrected chi connectivity index (χ1v) is 9.04. The summed E-state index contributed by atoms with van der Waals surface area (Å²) in [5.74, 6) is 0.605. The highest BCUT2D eigenvalue weighted by atomic mass is 32.1. The van der Waals surface area contributed by atoms with Crippen LogP contribution in [0, 0.1) is 5.92 Å². The van der Waals surface area contributed by atoms with Crippen molar-refractivity contribution >= 4 is 28.7 Å². The summed E-state index contributed by atoms with van der Waals surface area (Å²) in [5.41, 5.74) is 2.87. The summed E-state index contributed by atoms with van der Waals surface area (Å²) in [6, 6.07) is 7.41. The molecule has 1 N–H and O–H groups in total. The van der Waals surface area contributed by atoms with Crippen molar-refractivity contribution in [3.63, 3.8) is 0 Å². The highest BCUT2D eigenvalue weighted by Crippen LogP contribution is 2.31. The van der Waals surface area contributed by atoms with Crippen molar-refractivity contribution in [3.8, 4) is 10.4 Å². The Labute approximate surface area is 129 Å². The van der Waals surface area contributed by atoms with E-state index in [1.54, 1.807) is 0 Å². The standard InChI is InChI=1S/C17H21NS2/c1-12(2)13(10-18-15-5-6-15)8-16-9-14(11-20-16)17-4-3-7-19-17/h3-4,7-9,11-12,15,18H,5-6,10H2,1-2H3. The molecule has 2 aromatic rings. The summed E-state index contributed by atoms with van der Waals surface area (Å²) in [4.78, 5) is 2.73. The van der Waals surface area contributed by atoms with Crippen molar-refractivity contribution in [1.82, 2.24) is 5.32 Å². The highest BCUT2D eigenvalue weighted by molar-refractivity contribution is 7.15. The fourth-order valence-electron chi connectivity index (χ4n) is 2.15. The molecule has 0 unspecified atom stereocenters. The summed E-state index contributed by atoms with van der Waals surface area (Å²) in [7, 11) is 0. The third kappa shape index (κ3) is 3.60. The molecule has 1 aliphatic carbocycles. The van der Waals surface area contributed by atoms with Crippen LogP contribution in [0.25, 0.3) is 16.5 Å². The van der Waals surface area contributed by atoms with Gasteiger partial charge in [0.1, 0.15) is 0 Å². The quantitative estimate of drug-likeness (QED) is 0.766. The number of hydrogen-bond donors (Lipinski definition) is 1. The molecule has 20 heavy (non-hydrogen) atoms. The van der Waals surface area contributed by atoms with Gasteiger partial charge in [0.2, 0.25) is 0 Å². The van der Waals surface area contributed by atoms with Crippen LogP contribution >= 0.6 is 22.7 Å². The molecule has 0 saturated heterocycles. The molecule has 0 amide bonds. The fourth-order valence-corrected chi connectivity index (χ4v) is 3.82. The Morgan fingerprint density at radius 2 is 2.25 bits per heavy atom. The van der Waals surface area contributed by atoms with Crippen LogP contribution in [-0.4, -0.2) is 12.6 Å². The summed E-state index contributed by atoms with van der Waals surface area (Å²) in [6.07, 6.45) is 5.08. The first-order chi connectivity index (χ1) is 9.72. The Bertz CT molecular complexity index is 574. The molecule has 0 radical (unpaired) electrons. The molecular weight excluding hydrogens is 282 g/mol. The van der Waals surface area contributed by atoms with Gasteiger partial charge in [0.15, 0.2) is 0 Å². The van der Waals surface area contributed by atoms with Gasteiger partial charge in [0.25, 0.3) is 0 Å². The fraction of sp³-hybridized carbons (Fsp3) is 0.412. The predicted molar refractivity (Wildman–Crippen MR) is 91.5 cm³/mol. The molecule has 1 nitrogen and oxygen atoms in total. The van der Waals surface area contributed by atoms with E-state index in [1.807, 2.05) is 22.7 Å². The minimum absolute atomic E-state index is 0.605. The molecule has 2 heterocycles. The monoisotopic (exact) mass is 303 g/mol. The Balaban J connectivity index is 1.74. The normalized spacial score (nSPS) is 16.1. The number of hydrogen-bond acceptors (Lipinski definition) is 3. The van der Waals surface area contributed by atoms with E-state index in [-0.39, 0.29) is 0 Å². The molecule has 0 aromatic carbocycles. The SMILES string of the molecule is CC(C)C(=Cc1cc(-c2cccs2)cs1)CNC1CC1. The van der Waals surface area contributed by atoms with Crippen molar-refractivity contribution in [2.24, 2.45) is 5.92 Å². The van der Waals surface area contributed by atoms with Crippen LogP contribution in [-0.2, 0) is 0 Å². The van der Waals surface area contributed by atoms with Crippen LogP contribution in [0.3, 0.4) is 0 Å². The third-order valence-corrected chi connectivity index (χ3v) is 5.47. The first kappa shape index (κ1) is 14.1. The maximum absolute atomic E-state index is 3.63. The lowest BCUT2D eigenvalue weighted by atomic mass is 10.0. The zero-order valence-electron chi connectivity index (χ0n) is 12.1. The Morgan fingerprint density at radius 3 is 2.90 bits per heavy atom. The van der Waals surface area contributed by atoms with Gasteiger partial charge in [0, 0.05) is 27.9 Å². The summed E-state index contributed by atoms with van der Waals surface area (Å²) < 4.78 is 0. The molecular formula is C17H21NS2. The van der Waals surface area contributed by atoms with Gasteiger partial charge in [-0.1, -0.05) is 25.5 Å². The Hall–Kier alpha value is -0.900. The number of rotatable bonds is 6. The number of thiophene rings is 2. The molecule has 106 valence electrons. The van der Waals surface area contributed by atoms with Crippen LogP contribution in [0.4, 0.5) is 0 Å². The van der Waals surface area contributed by atoms with Crippen molar-refractivity contribution in [2.75, 3.05) is 6.54 Å². The topological polar surface area (TPSA) is 12.0 Å². The van der Waals surface area contributed by atoms with Crippen LogP contribution in [0.5, 0.6) is 0 Å². The summed E-state index contributed by atoms with van der Waals surface area (Å²) >= 11 is 3.66. The maximum Gasteiger partial charge on any atom is 0.0351 e. The lowest BCUT2D eigenvalue weighted by Gasteiger charge is -2.12. The van der Waals surface area contributed by atoms with E-state index in [2.05, 4.69) is 54.2 Å². The van der Waals surface area contributed by atoms with Crippen LogP contribution in [0.1, 0.15) is 31.6 Å². The molecule has 1 fully saturated rings. The van der Waals surface area contributed by atoms with Crippen LogP contribution in [0.2, 0.25) is 0 Å². The average molecular weight is 303 g/mol. The Kier molecular flexibility index (Phi) is 4.39. The lowest BCUT2D eigenvalue weighted by Crippen LogP contribution is -2.21. The van der Waals surface area contributed by atoms with E-state index in [4.69, 9.17) is 0 Å². The van der Waals surface area contributed by atoms with E-state index in [1.165, 1.54) is 33.7 Å². The largest absolute Gasteiger partial charge is 0.310 e. The maximum atomic E-state index is 3.63. The van der Waals surface area contributed by atoms with Gasteiger partial charge in [-0.05, 0) is 47.7 Å². The average Bonchev–Trinajstić information content (AvgIpc) is 2.93. The second-order valence-corrected chi connectivity index (χ2v) is 7.63. The second-order valence-electron chi connectivity index (χ2n) is 5.74. The predicted octanol–water partition coefficient (Wildman–Crippen LogP) is 5.27. The van der Waals surface area contributed by atoms with Gasteiger partial charge in [-0.25, -0.2) is 0 Å². The zero-order valence-corrected chi connectivity index (χ0v) is 13.7. The van der Waals surface area contributed by atoms with E-state index >= 15 is 0 Å². The smallest absolute Gasteiger partial charge is 0.0351 e. The summed E-state index contributed by atoms with van der Waals surface area (Å²) in [5, 5.41) is 8.04. The summed E-state index contributed by atoms with van der Waals surface area (Å²) in [6.45, 7) is 5.61. The zero-order chi connectivity index (χ0) is 13.9. The van der Waals surface area contributed by atoms with Gasteiger partial charge in [-0.15, -0.1) is 22.7 Å². The minimum Gasteiger partial charge on any atom is -0.310 e. The van der Waals surface area contributed by atoms with Crippen molar-refractivity contribution in [2.45, 2.75) is 32.7 Å². The molecule has 0 atom stereocenters. The highest BCUT2D eigenvalue weighted by Gasteiger charge is 2.20. The molecule has 0 spiro atoms. The van der Waals surface area contributed by atoms with E-state index in [0.717, 1.165) is 12.6 Å². The lowest BCUT2D eigenvalue weighted by molar-refractivity contribution is 0.663. The molecule has 0 aliphatic heterocycles. The van der Waals surface area contributed by atoms with E-state index < -0.39 is 0 Å². The molecule has 3 rings (SSSR count). The van der Waals surface area contributed by atoms with E-state index in [9.17, 15) is 0 Å². The second kappa shape index (κ2) is 6.25. The van der Waals surface area contributed by atoms with Gasteiger partial charge in [-0.3, -0.25) is 0 Å². The van der Waals surface area contributed by atoms with Crippen molar-refractivity contribution in [3.05, 3.63) is 39.4 Å². The molecule has 3 heteroatoms. The Morgan fingerprint density at radius 1 is 1.40 bits per heavy atom. The van der Waals surface area contributed by atoms with Gasteiger partial charge in [-0.2, -0.15) is 0 Å². The molecule has 0 bridgehead atoms. The minimum atomic E-state index is 0.605. The van der Waals surface area contributed by atoms with Gasteiger partial charge >= 0.3 is 0 Å². The van der Waals surface area contributed by atoms with Gasteiger partial charge in [0.05, 0.1) is 0 Å². The molecule has 2 aromatic heterocycles. The van der Waals surface area contributed by atoms with Crippen molar-refractivity contribution < 1.29 is 0 Å². The van der Waals surface area contributed by atoms with Crippen LogP contribution in [0.15, 0.2) is 34.5 Å². The van der Waals surface area contributed by atoms with E-state index in [0.29, 0.717) is 5.92 Å². The molecule has 1 saturated carbocycles. The number of nitrogens with one attached hydrogen (secondary N) is 1. The van der Waals surface area contributed by atoms with Crippen LogP contribution < -0.4 is 5.32 Å². The van der Waals surface area contributed by atoms with Gasteiger partial charge < -0.3 is 5.32 Å². The first-order valence-electron chi connectivity index (χ1n) is 7.28. The van der Waals surface area contributed by atoms with Crippen molar-refractivity contribution in [1.29, 1.82) is 0 Å².